The Morgan fingerprint density at radius 2 is 2.12 bits per heavy atom. The summed E-state index contributed by atoms with van der Waals surface area (Å²) in [5, 5.41) is 3.38. The van der Waals surface area contributed by atoms with Gasteiger partial charge in [-0.3, -0.25) is 4.98 Å². The first-order valence-corrected chi connectivity index (χ1v) is 11.1. The van der Waals surface area contributed by atoms with E-state index in [9.17, 15) is 4.79 Å². The number of esters is 1. The number of ether oxygens (including phenoxy) is 2. The molecule has 0 radical (unpaired) electrons. The zero-order chi connectivity index (χ0) is 24.0. The molecule has 1 aliphatic heterocycles. The summed E-state index contributed by atoms with van der Waals surface area (Å²) in [6, 6.07) is 7.99. The molecule has 0 amide bonds. The van der Waals surface area contributed by atoms with Crippen molar-refractivity contribution in [3.8, 4) is 5.75 Å². The lowest BCUT2D eigenvalue weighted by atomic mass is 9.92. The molecule has 6 heteroatoms. The quantitative estimate of drug-likeness (QED) is 0.413. The lowest BCUT2D eigenvalue weighted by molar-refractivity contribution is 0.0601. The summed E-state index contributed by atoms with van der Waals surface area (Å²) >= 11 is 0. The Morgan fingerprint density at radius 1 is 1.33 bits per heavy atom. The molecule has 33 heavy (non-hydrogen) atoms. The molecule has 6 nitrogen and oxygen atoms in total. The number of carbonyl (C=O) groups excluding carboxylic acids is 1. The van der Waals surface area contributed by atoms with Gasteiger partial charge < -0.3 is 19.7 Å². The fourth-order valence-corrected chi connectivity index (χ4v) is 3.74. The van der Waals surface area contributed by atoms with Gasteiger partial charge in [-0.25, -0.2) is 4.79 Å². The molecule has 1 atom stereocenters. The molecule has 1 aromatic carbocycles. The van der Waals surface area contributed by atoms with Gasteiger partial charge in [0.05, 0.1) is 31.2 Å². The molecule has 0 saturated heterocycles. The molecule has 1 N–H and O–H groups in total. The Kier molecular flexibility index (Phi) is 7.93. The van der Waals surface area contributed by atoms with Gasteiger partial charge in [-0.05, 0) is 57.0 Å². The maximum atomic E-state index is 12.0. The molecule has 2 heterocycles. The van der Waals surface area contributed by atoms with E-state index in [0.29, 0.717) is 24.4 Å². The van der Waals surface area contributed by atoms with Crippen LogP contribution in [-0.2, 0) is 4.74 Å². The SMILES string of the molecule is C=C/C(=C\C(C)=C(C)C)N(C)c1ccc2c(c1)OCC[C@H]2CNc1cnccc1C(=O)OC. The molecule has 0 aliphatic carbocycles. The number of carbonyl (C=O) groups is 1. The minimum Gasteiger partial charge on any atom is -0.493 e. The number of nitrogens with one attached hydrogen (secondary N) is 1. The van der Waals surface area contributed by atoms with Crippen LogP contribution in [0.1, 0.15) is 49.0 Å². The number of likely N-dealkylation sites (N-methyl/N-ethyl adjacent to an activating group) is 1. The van der Waals surface area contributed by atoms with Gasteiger partial charge in [0.25, 0.3) is 0 Å². The average molecular weight is 448 g/mol. The van der Waals surface area contributed by atoms with Crippen molar-refractivity contribution in [1.29, 1.82) is 0 Å². The first-order chi connectivity index (χ1) is 15.8. The van der Waals surface area contributed by atoms with Crippen LogP contribution in [0, 0.1) is 0 Å². The summed E-state index contributed by atoms with van der Waals surface area (Å²) in [4.78, 5) is 18.3. The second-order valence-electron chi connectivity index (χ2n) is 8.37. The maximum Gasteiger partial charge on any atom is 0.340 e. The van der Waals surface area contributed by atoms with Crippen LogP contribution in [0.2, 0.25) is 0 Å². The second kappa shape index (κ2) is 10.9. The largest absolute Gasteiger partial charge is 0.493 e. The van der Waals surface area contributed by atoms with Crippen LogP contribution in [0.4, 0.5) is 11.4 Å². The van der Waals surface area contributed by atoms with Gasteiger partial charge >= 0.3 is 5.97 Å². The third kappa shape index (κ3) is 5.64. The number of aromatic nitrogens is 1. The molecule has 1 aromatic heterocycles. The fourth-order valence-electron chi connectivity index (χ4n) is 3.74. The number of benzene rings is 1. The van der Waals surface area contributed by atoms with Crippen molar-refractivity contribution in [2.45, 2.75) is 33.1 Å². The number of allylic oxidation sites excluding steroid dienone is 4. The smallest absolute Gasteiger partial charge is 0.340 e. The summed E-state index contributed by atoms with van der Waals surface area (Å²) in [6.07, 6.45) is 8.14. The Labute approximate surface area is 196 Å². The molecule has 0 bridgehead atoms. The van der Waals surface area contributed by atoms with Gasteiger partial charge in [-0.1, -0.05) is 23.8 Å². The number of anilines is 2. The number of rotatable bonds is 8. The highest BCUT2D eigenvalue weighted by Gasteiger charge is 2.23. The number of hydrogen-bond acceptors (Lipinski definition) is 6. The zero-order valence-electron chi connectivity index (χ0n) is 20.1. The van der Waals surface area contributed by atoms with Crippen LogP contribution in [0.3, 0.4) is 0 Å². The van der Waals surface area contributed by atoms with E-state index < -0.39 is 0 Å². The van der Waals surface area contributed by atoms with E-state index in [4.69, 9.17) is 9.47 Å². The summed E-state index contributed by atoms with van der Waals surface area (Å²) in [6.45, 7) is 11.6. The highest BCUT2D eigenvalue weighted by molar-refractivity contribution is 5.95. The van der Waals surface area contributed by atoms with E-state index in [-0.39, 0.29) is 11.9 Å². The minimum atomic E-state index is -0.380. The van der Waals surface area contributed by atoms with Gasteiger partial charge in [0, 0.05) is 43.2 Å². The molecule has 1 aliphatic rings. The van der Waals surface area contributed by atoms with Crippen molar-refractivity contribution in [3.63, 3.8) is 0 Å². The molecule has 2 aromatic rings. The first kappa shape index (κ1) is 24.1. The van der Waals surface area contributed by atoms with Crippen LogP contribution in [0.5, 0.6) is 5.75 Å². The average Bonchev–Trinajstić information content (AvgIpc) is 2.84. The fraction of sp³-hybridized carbons (Fsp3) is 0.333. The number of fused-ring (bicyclic) bond motifs is 1. The Morgan fingerprint density at radius 3 is 2.82 bits per heavy atom. The minimum absolute atomic E-state index is 0.251. The van der Waals surface area contributed by atoms with E-state index in [2.05, 4.69) is 66.8 Å². The number of hydrogen-bond donors (Lipinski definition) is 1. The van der Waals surface area contributed by atoms with Crippen LogP contribution in [0.15, 0.2) is 72.2 Å². The number of nitrogens with zero attached hydrogens (tertiary/aromatic N) is 2. The van der Waals surface area contributed by atoms with Crippen molar-refractivity contribution in [1.82, 2.24) is 4.98 Å². The van der Waals surface area contributed by atoms with E-state index >= 15 is 0 Å². The molecule has 0 fully saturated rings. The predicted molar refractivity (Wildman–Crippen MR) is 134 cm³/mol. The Balaban J connectivity index is 1.80. The molecule has 3 rings (SSSR count). The molecule has 0 saturated carbocycles. The van der Waals surface area contributed by atoms with Gasteiger partial charge in [0.15, 0.2) is 0 Å². The molecular formula is C27H33N3O3. The van der Waals surface area contributed by atoms with Crippen LogP contribution in [-0.4, -0.2) is 38.3 Å². The number of methoxy groups -OCH3 is 1. The Hall–Kier alpha value is -3.54. The standard InChI is InChI=1S/C27H33N3O3/c1-7-21(14-19(4)18(2)3)30(5)22-8-9-23-20(11-13-33-26(23)15-22)16-29-25-17-28-12-10-24(25)27(31)32-6/h7-10,12,14-15,17,20,29H,1,11,13,16H2,2-6H3/b21-14+/t20-/m0/s1. The van der Waals surface area contributed by atoms with Crippen molar-refractivity contribution in [3.05, 3.63) is 83.4 Å². The zero-order valence-corrected chi connectivity index (χ0v) is 20.1. The lowest BCUT2D eigenvalue weighted by Crippen LogP contribution is -2.22. The summed E-state index contributed by atoms with van der Waals surface area (Å²) < 4.78 is 10.9. The maximum absolute atomic E-state index is 12.0. The molecule has 0 spiro atoms. The third-order valence-electron chi connectivity index (χ3n) is 6.06. The molecule has 174 valence electrons. The third-order valence-corrected chi connectivity index (χ3v) is 6.06. The van der Waals surface area contributed by atoms with Crippen molar-refractivity contribution < 1.29 is 14.3 Å². The van der Waals surface area contributed by atoms with E-state index in [1.54, 1.807) is 18.5 Å². The lowest BCUT2D eigenvalue weighted by Gasteiger charge is -2.29. The monoisotopic (exact) mass is 447 g/mol. The highest BCUT2D eigenvalue weighted by Crippen LogP contribution is 2.37. The summed E-state index contributed by atoms with van der Waals surface area (Å²) in [5.41, 5.74) is 6.86. The van der Waals surface area contributed by atoms with E-state index in [1.807, 2.05) is 13.1 Å². The predicted octanol–water partition coefficient (Wildman–Crippen LogP) is 5.71. The summed E-state index contributed by atoms with van der Waals surface area (Å²) in [5.74, 6) is 0.759. The topological polar surface area (TPSA) is 63.7 Å². The van der Waals surface area contributed by atoms with Gasteiger partial charge in [0.2, 0.25) is 0 Å². The number of pyridine rings is 1. The van der Waals surface area contributed by atoms with Crippen molar-refractivity contribution >= 4 is 17.3 Å². The van der Waals surface area contributed by atoms with Gasteiger partial charge in [-0.15, -0.1) is 0 Å². The second-order valence-corrected chi connectivity index (χ2v) is 8.37. The molecular weight excluding hydrogens is 414 g/mol. The van der Waals surface area contributed by atoms with E-state index in [1.165, 1.54) is 18.3 Å². The Bertz CT molecular complexity index is 1080. The van der Waals surface area contributed by atoms with Crippen LogP contribution >= 0.6 is 0 Å². The van der Waals surface area contributed by atoms with Crippen LogP contribution in [0.25, 0.3) is 0 Å². The van der Waals surface area contributed by atoms with Gasteiger partial charge in [-0.2, -0.15) is 0 Å². The normalized spacial score (nSPS) is 15.1. The van der Waals surface area contributed by atoms with Gasteiger partial charge in [0.1, 0.15) is 5.75 Å². The van der Waals surface area contributed by atoms with Crippen LogP contribution < -0.4 is 15.0 Å². The molecule has 0 unspecified atom stereocenters. The highest BCUT2D eigenvalue weighted by atomic mass is 16.5. The first-order valence-electron chi connectivity index (χ1n) is 11.1. The summed E-state index contributed by atoms with van der Waals surface area (Å²) in [7, 11) is 3.41. The van der Waals surface area contributed by atoms with Crippen molar-refractivity contribution in [2.24, 2.45) is 0 Å². The van der Waals surface area contributed by atoms with Crippen molar-refractivity contribution in [2.75, 3.05) is 37.5 Å². The van der Waals surface area contributed by atoms with E-state index in [0.717, 1.165) is 29.1 Å².